The lowest BCUT2D eigenvalue weighted by Gasteiger charge is -2.64. The molecule has 10 heteroatoms. The fourth-order valence-electron chi connectivity index (χ4n) is 8.05. The van der Waals surface area contributed by atoms with Gasteiger partial charge in [-0.2, -0.15) is 0 Å². The van der Waals surface area contributed by atoms with Crippen LogP contribution in [0.15, 0.2) is 12.1 Å². The fourth-order valence-corrected chi connectivity index (χ4v) is 8.05. The average Bonchev–Trinajstić information content (AvgIpc) is 3.32. The third-order valence-corrected chi connectivity index (χ3v) is 10.3. The van der Waals surface area contributed by atoms with Crippen molar-refractivity contribution in [2.75, 3.05) is 86.3 Å². The Morgan fingerprint density at radius 3 is 2.19 bits per heavy atom. The largest absolute Gasteiger partial charge is 0.487 e. The van der Waals surface area contributed by atoms with E-state index in [0.717, 1.165) is 43.2 Å². The Morgan fingerprint density at radius 1 is 0.881 bits per heavy atom. The van der Waals surface area contributed by atoms with Crippen molar-refractivity contribution in [1.82, 2.24) is 4.90 Å². The summed E-state index contributed by atoms with van der Waals surface area (Å²) in [5.74, 6) is 2.14. The first-order chi connectivity index (χ1) is 20.6. The van der Waals surface area contributed by atoms with Crippen LogP contribution in [-0.4, -0.2) is 125 Å². The van der Waals surface area contributed by atoms with Gasteiger partial charge in [0.05, 0.1) is 76.6 Å². The first-order valence-electron chi connectivity index (χ1n) is 16.0. The molecule has 2 saturated carbocycles. The number of aliphatic hydroxyl groups is 2. The average molecular weight is 592 g/mol. The summed E-state index contributed by atoms with van der Waals surface area (Å²) in [7, 11) is 1.65. The normalized spacial score (nSPS) is 31.5. The summed E-state index contributed by atoms with van der Waals surface area (Å²) < 4.78 is 39.7. The summed E-state index contributed by atoms with van der Waals surface area (Å²) >= 11 is 0. The summed E-state index contributed by atoms with van der Waals surface area (Å²) in [6.45, 7) is 7.05. The highest BCUT2D eigenvalue weighted by molar-refractivity contribution is 5.63. The van der Waals surface area contributed by atoms with Crippen LogP contribution in [0.4, 0.5) is 0 Å². The molecule has 1 unspecified atom stereocenters. The molecule has 1 saturated heterocycles. The summed E-state index contributed by atoms with van der Waals surface area (Å²) in [5, 5.41) is 23.6. The van der Waals surface area contributed by atoms with Gasteiger partial charge in [0.2, 0.25) is 0 Å². The lowest BCUT2D eigenvalue weighted by molar-refractivity contribution is -0.209. The van der Waals surface area contributed by atoms with Crippen molar-refractivity contribution in [2.24, 2.45) is 5.92 Å². The van der Waals surface area contributed by atoms with Crippen LogP contribution in [0, 0.1) is 5.92 Å². The third-order valence-electron chi connectivity index (χ3n) is 10.3. The van der Waals surface area contributed by atoms with E-state index in [9.17, 15) is 10.2 Å². The standard InChI is InChI=1S/C32H49NO9/c1-36-11-12-37-13-14-38-15-16-39-17-18-40-19-20-41-26-6-5-24-21-27-32(35)8-7-25(34)30-31(32,28(24)29(26)42-30)9-10-33(27)22-23-3-2-4-23/h5-6,23,25,27,30,34-35H,2-4,7-22H2,1H3/t25-,27+,30?,31-,32+/m0/s1. The van der Waals surface area contributed by atoms with E-state index in [4.69, 9.17) is 33.2 Å². The van der Waals surface area contributed by atoms with Crippen LogP contribution in [0.25, 0.3) is 0 Å². The molecule has 1 aromatic rings. The zero-order chi connectivity index (χ0) is 29.0. The topological polar surface area (TPSA) is 108 Å². The van der Waals surface area contributed by atoms with Gasteiger partial charge in [-0.25, -0.2) is 0 Å². The van der Waals surface area contributed by atoms with Crippen LogP contribution in [0.3, 0.4) is 0 Å². The molecule has 2 N–H and O–H groups in total. The van der Waals surface area contributed by atoms with Crippen molar-refractivity contribution in [3.8, 4) is 11.5 Å². The van der Waals surface area contributed by atoms with E-state index in [1.165, 1.54) is 24.8 Å². The zero-order valence-electron chi connectivity index (χ0n) is 25.1. The molecule has 1 aromatic carbocycles. The number of nitrogens with zero attached hydrogens (tertiary/aromatic N) is 1. The number of benzene rings is 1. The van der Waals surface area contributed by atoms with E-state index in [1.54, 1.807) is 7.11 Å². The molecule has 42 heavy (non-hydrogen) atoms. The molecule has 10 nitrogen and oxygen atoms in total. The van der Waals surface area contributed by atoms with Crippen molar-refractivity contribution in [3.63, 3.8) is 0 Å². The summed E-state index contributed by atoms with van der Waals surface area (Å²) in [5.41, 5.74) is 0.839. The monoisotopic (exact) mass is 591 g/mol. The second-order valence-electron chi connectivity index (χ2n) is 12.5. The molecule has 0 radical (unpaired) electrons. The van der Waals surface area contributed by atoms with Crippen LogP contribution in [0.5, 0.6) is 11.5 Å². The van der Waals surface area contributed by atoms with Crippen LogP contribution >= 0.6 is 0 Å². The highest BCUT2D eigenvalue weighted by Gasteiger charge is 2.72. The first kappa shape index (κ1) is 30.5. The van der Waals surface area contributed by atoms with Crippen molar-refractivity contribution in [2.45, 2.75) is 74.2 Å². The van der Waals surface area contributed by atoms with Gasteiger partial charge in [0.25, 0.3) is 0 Å². The van der Waals surface area contributed by atoms with E-state index in [-0.39, 0.29) is 6.04 Å². The molecule has 6 rings (SSSR count). The van der Waals surface area contributed by atoms with Gasteiger partial charge in [0, 0.05) is 25.3 Å². The second-order valence-corrected chi connectivity index (χ2v) is 12.5. The van der Waals surface area contributed by atoms with Gasteiger partial charge in [-0.1, -0.05) is 12.5 Å². The maximum absolute atomic E-state index is 12.5. The van der Waals surface area contributed by atoms with Gasteiger partial charge >= 0.3 is 0 Å². The van der Waals surface area contributed by atoms with Crippen molar-refractivity contribution >= 4 is 0 Å². The van der Waals surface area contributed by atoms with Gasteiger partial charge in [0.1, 0.15) is 12.7 Å². The number of hydrogen-bond donors (Lipinski definition) is 2. The molecule has 0 aromatic heterocycles. The van der Waals surface area contributed by atoms with Crippen LogP contribution in [0.1, 0.15) is 49.7 Å². The van der Waals surface area contributed by atoms with Gasteiger partial charge in [-0.3, -0.25) is 4.90 Å². The highest BCUT2D eigenvalue weighted by Crippen LogP contribution is 2.65. The second kappa shape index (κ2) is 13.6. The van der Waals surface area contributed by atoms with E-state index in [0.29, 0.717) is 84.7 Å². The van der Waals surface area contributed by atoms with E-state index in [1.807, 2.05) is 6.07 Å². The Labute approximate surface area is 249 Å². The quantitative estimate of drug-likeness (QED) is 0.247. The summed E-state index contributed by atoms with van der Waals surface area (Å²) in [4.78, 5) is 2.56. The number of aliphatic hydroxyl groups excluding tert-OH is 1. The van der Waals surface area contributed by atoms with Crippen molar-refractivity contribution < 1.29 is 43.4 Å². The molecular weight excluding hydrogens is 542 g/mol. The van der Waals surface area contributed by atoms with E-state index >= 15 is 0 Å². The number of likely N-dealkylation sites (tertiary alicyclic amines) is 1. The van der Waals surface area contributed by atoms with Crippen LogP contribution in [-0.2, 0) is 35.5 Å². The lowest BCUT2D eigenvalue weighted by Crippen LogP contribution is -2.77. The number of piperidine rings is 1. The van der Waals surface area contributed by atoms with Crippen molar-refractivity contribution in [3.05, 3.63) is 23.3 Å². The number of hydrogen-bond acceptors (Lipinski definition) is 10. The Bertz CT molecular complexity index is 1040. The molecule has 2 aliphatic heterocycles. The first-order valence-corrected chi connectivity index (χ1v) is 16.0. The zero-order valence-corrected chi connectivity index (χ0v) is 25.1. The SMILES string of the molecule is COCCOCCOCCOCCOCCOc1ccc2c3c1OC1[C@@H](O)CC[C@@]4(O)[C@@H](C2)N(CC2CCC2)CC[C@]314. The molecule has 5 atom stereocenters. The molecule has 236 valence electrons. The molecule has 0 amide bonds. The smallest absolute Gasteiger partial charge is 0.166 e. The summed E-state index contributed by atoms with van der Waals surface area (Å²) in [6.07, 6.45) is 5.67. The molecular formula is C32H49NO9. The minimum absolute atomic E-state index is 0.0675. The molecule has 2 bridgehead atoms. The lowest BCUT2D eigenvalue weighted by atomic mass is 9.48. The molecule has 3 aliphatic carbocycles. The predicted molar refractivity (Wildman–Crippen MR) is 154 cm³/mol. The third kappa shape index (κ3) is 5.70. The number of ether oxygens (including phenoxy) is 7. The van der Waals surface area contributed by atoms with Gasteiger partial charge in [-0.15, -0.1) is 0 Å². The Kier molecular flexibility index (Phi) is 9.92. The predicted octanol–water partition coefficient (Wildman–Crippen LogP) is 2.09. The Morgan fingerprint density at radius 2 is 1.55 bits per heavy atom. The molecule has 2 heterocycles. The molecule has 5 aliphatic rings. The maximum Gasteiger partial charge on any atom is 0.166 e. The van der Waals surface area contributed by atoms with Gasteiger partial charge in [0.15, 0.2) is 11.5 Å². The fraction of sp³-hybridized carbons (Fsp3) is 0.812. The highest BCUT2D eigenvalue weighted by atomic mass is 16.6. The Hall–Kier alpha value is -1.50. The minimum atomic E-state index is -0.901. The van der Waals surface area contributed by atoms with Crippen molar-refractivity contribution in [1.29, 1.82) is 0 Å². The van der Waals surface area contributed by atoms with Crippen LogP contribution < -0.4 is 9.47 Å². The van der Waals surface area contributed by atoms with E-state index in [2.05, 4.69) is 11.0 Å². The maximum atomic E-state index is 12.5. The number of rotatable bonds is 18. The van der Waals surface area contributed by atoms with Crippen LogP contribution in [0.2, 0.25) is 0 Å². The minimum Gasteiger partial charge on any atom is -0.487 e. The van der Waals surface area contributed by atoms with E-state index < -0.39 is 23.2 Å². The molecule has 1 spiro atoms. The summed E-state index contributed by atoms with van der Waals surface area (Å²) in [6, 6.07) is 4.22. The Balaban J connectivity index is 0.988. The van der Waals surface area contributed by atoms with Gasteiger partial charge in [-0.05, 0) is 62.6 Å². The number of methoxy groups -OCH3 is 1. The molecule has 3 fully saturated rings. The van der Waals surface area contributed by atoms with Gasteiger partial charge < -0.3 is 43.4 Å².